The lowest BCUT2D eigenvalue weighted by molar-refractivity contribution is 0.180. The molecule has 0 saturated carbocycles. The number of hydrogen-bond donors (Lipinski definition) is 1. The minimum atomic E-state index is -3.53. The van der Waals surface area contributed by atoms with Crippen LogP contribution in [0.3, 0.4) is 0 Å². The molecule has 1 N–H and O–H groups in total. The molecule has 0 amide bonds. The lowest BCUT2D eigenvalue weighted by atomic mass is 10.0. The highest BCUT2D eigenvalue weighted by atomic mass is 32.2. The summed E-state index contributed by atoms with van der Waals surface area (Å²) in [7, 11) is -3.53. The highest BCUT2D eigenvalue weighted by molar-refractivity contribution is 7.89. The Morgan fingerprint density at radius 3 is 1.86 bits per heavy atom. The number of benzene rings is 2. The summed E-state index contributed by atoms with van der Waals surface area (Å²) in [5.74, 6) is 0.310. The van der Waals surface area contributed by atoms with Crippen molar-refractivity contribution in [2.75, 3.05) is 26.2 Å². The van der Waals surface area contributed by atoms with E-state index in [0.717, 1.165) is 38.9 Å². The average molecular weight is 417 g/mol. The molecular weight excluding hydrogens is 384 g/mol. The van der Waals surface area contributed by atoms with Crippen LogP contribution in [0.15, 0.2) is 23.1 Å². The van der Waals surface area contributed by atoms with Crippen molar-refractivity contribution in [3.63, 3.8) is 0 Å². The quantitative estimate of drug-likeness (QED) is 0.825. The standard InChI is InChI=1S/C23H32N2O3S/c1-15-12-21(22(26)13-16(15)2)14-24-7-9-25(10-8-24)29(27,28)23-19(5)17(3)11-18(4)20(23)6/h11-13,26H,7-10,14H2,1-6H3. The summed E-state index contributed by atoms with van der Waals surface area (Å²) in [6, 6.07) is 5.88. The fraction of sp³-hybridized carbons (Fsp3) is 0.478. The van der Waals surface area contributed by atoms with Crippen LogP contribution in [0.25, 0.3) is 0 Å². The Bertz CT molecular complexity index is 1010. The van der Waals surface area contributed by atoms with Gasteiger partial charge in [0, 0.05) is 38.3 Å². The van der Waals surface area contributed by atoms with Gasteiger partial charge in [0.15, 0.2) is 0 Å². The van der Waals surface area contributed by atoms with E-state index in [2.05, 4.69) is 11.0 Å². The van der Waals surface area contributed by atoms with Crippen molar-refractivity contribution >= 4 is 10.0 Å². The van der Waals surface area contributed by atoms with Crippen molar-refractivity contribution in [2.24, 2.45) is 0 Å². The lowest BCUT2D eigenvalue weighted by Crippen LogP contribution is -2.48. The Balaban J connectivity index is 1.77. The van der Waals surface area contributed by atoms with Gasteiger partial charge in [-0.15, -0.1) is 0 Å². The maximum atomic E-state index is 13.4. The van der Waals surface area contributed by atoms with Crippen LogP contribution in [0.1, 0.15) is 38.9 Å². The molecule has 6 heteroatoms. The van der Waals surface area contributed by atoms with Crippen LogP contribution in [0.5, 0.6) is 5.75 Å². The fourth-order valence-electron chi connectivity index (χ4n) is 4.05. The van der Waals surface area contributed by atoms with Gasteiger partial charge in [-0.1, -0.05) is 12.1 Å². The minimum absolute atomic E-state index is 0.310. The Kier molecular flexibility index (Phi) is 6.08. The zero-order chi connectivity index (χ0) is 21.5. The van der Waals surface area contributed by atoms with Gasteiger partial charge in [-0.2, -0.15) is 4.31 Å². The number of sulfonamides is 1. The van der Waals surface area contributed by atoms with Gasteiger partial charge >= 0.3 is 0 Å². The number of aromatic hydroxyl groups is 1. The normalized spacial score (nSPS) is 16.3. The maximum Gasteiger partial charge on any atom is 0.243 e. The first kappa shape index (κ1) is 21.8. The van der Waals surface area contributed by atoms with E-state index in [4.69, 9.17) is 0 Å². The third-order valence-corrected chi connectivity index (χ3v) is 8.49. The van der Waals surface area contributed by atoms with E-state index >= 15 is 0 Å². The van der Waals surface area contributed by atoms with Crippen molar-refractivity contribution in [1.29, 1.82) is 0 Å². The molecule has 1 heterocycles. The number of rotatable bonds is 4. The van der Waals surface area contributed by atoms with Gasteiger partial charge in [-0.05, 0) is 81.0 Å². The number of phenolic OH excluding ortho intramolecular Hbond substituents is 1. The molecule has 1 aliphatic rings. The number of hydrogen-bond acceptors (Lipinski definition) is 4. The summed E-state index contributed by atoms with van der Waals surface area (Å²) in [5.41, 5.74) is 6.82. The van der Waals surface area contributed by atoms with Crippen molar-refractivity contribution in [2.45, 2.75) is 53.0 Å². The largest absolute Gasteiger partial charge is 0.508 e. The first-order valence-electron chi connectivity index (χ1n) is 10.1. The van der Waals surface area contributed by atoms with Crippen molar-refractivity contribution in [1.82, 2.24) is 9.21 Å². The van der Waals surface area contributed by atoms with Crippen LogP contribution < -0.4 is 0 Å². The first-order valence-corrected chi connectivity index (χ1v) is 11.6. The van der Waals surface area contributed by atoms with Gasteiger partial charge < -0.3 is 5.11 Å². The lowest BCUT2D eigenvalue weighted by Gasteiger charge is -2.35. The fourth-order valence-corrected chi connectivity index (χ4v) is 6.05. The highest BCUT2D eigenvalue weighted by Crippen LogP contribution is 2.30. The molecule has 1 aliphatic heterocycles. The second-order valence-electron chi connectivity index (χ2n) is 8.33. The Labute approximate surface area is 175 Å². The average Bonchev–Trinajstić information content (AvgIpc) is 2.65. The number of aryl methyl sites for hydroxylation is 4. The van der Waals surface area contributed by atoms with Crippen LogP contribution in [0.2, 0.25) is 0 Å². The SMILES string of the molecule is Cc1cc(O)c(CN2CCN(S(=O)(=O)c3c(C)c(C)cc(C)c3C)CC2)cc1C. The zero-order valence-corrected chi connectivity index (χ0v) is 19.2. The summed E-state index contributed by atoms with van der Waals surface area (Å²) in [4.78, 5) is 2.67. The molecule has 0 radical (unpaired) electrons. The zero-order valence-electron chi connectivity index (χ0n) is 18.3. The predicted molar refractivity (Wildman–Crippen MR) is 117 cm³/mol. The van der Waals surface area contributed by atoms with E-state index in [1.54, 1.807) is 10.4 Å². The predicted octanol–water partition coefficient (Wildman–Crippen LogP) is 3.75. The molecule has 1 saturated heterocycles. The van der Waals surface area contributed by atoms with Gasteiger partial charge in [0.1, 0.15) is 5.75 Å². The second kappa shape index (κ2) is 8.09. The second-order valence-corrected chi connectivity index (χ2v) is 10.2. The third-order valence-electron chi connectivity index (χ3n) is 6.32. The topological polar surface area (TPSA) is 60.9 Å². The first-order chi connectivity index (χ1) is 13.5. The van der Waals surface area contributed by atoms with E-state index in [0.29, 0.717) is 43.4 Å². The summed E-state index contributed by atoms with van der Waals surface area (Å²) in [6.07, 6.45) is 0. The number of nitrogens with zero attached hydrogens (tertiary/aromatic N) is 2. The summed E-state index contributed by atoms with van der Waals surface area (Å²) < 4.78 is 28.4. The van der Waals surface area contributed by atoms with Gasteiger partial charge in [-0.25, -0.2) is 8.42 Å². The van der Waals surface area contributed by atoms with Gasteiger partial charge in [-0.3, -0.25) is 4.90 Å². The third kappa shape index (κ3) is 4.20. The molecule has 5 nitrogen and oxygen atoms in total. The molecule has 3 rings (SSSR count). The summed E-state index contributed by atoms with van der Waals surface area (Å²) in [5, 5.41) is 10.3. The van der Waals surface area contributed by atoms with Gasteiger partial charge in [0.05, 0.1) is 4.90 Å². The summed E-state index contributed by atoms with van der Waals surface area (Å²) in [6.45, 7) is 14.6. The molecule has 0 aliphatic carbocycles. The molecule has 1 fully saturated rings. The Hall–Kier alpha value is -1.89. The number of piperazine rings is 1. The van der Waals surface area contributed by atoms with Crippen LogP contribution >= 0.6 is 0 Å². The molecule has 0 unspecified atom stereocenters. The molecule has 0 atom stereocenters. The molecule has 2 aromatic carbocycles. The number of phenols is 1. The van der Waals surface area contributed by atoms with Crippen molar-refractivity contribution in [3.05, 3.63) is 57.1 Å². The Morgan fingerprint density at radius 2 is 1.31 bits per heavy atom. The van der Waals surface area contributed by atoms with Crippen molar-refractivity contribution in [3.8, 4) is 5.75 Å². The van der Waals surface area contributed by atoms with Crippen LogP contribution in [0.4, 0.5) is 0 Å². The smallest absolute Gasteiger partial charge is 0.243 e. The molecule has 0 aromatic heterocycles. The molecule has 158 valence electrons. The van der Waals surface area contributed by atoms with E-state index < -0.39 is 10.0 Å². The van der Waals surface area contributed by atoms with Gasteiger partial charge in [0.25, 0.3) is 0 Å². The summed E-state index contributed by atoms with van der Waals surface area (Å²) >= 11 is 0. The van der Waals surface area contributed by atoms with E-state index in [9.17, 15) is 13.5 Å². The van der Waals surface area contributed by atoms with Crippen LogP contribution in [-0.4, -0.2) is 48.9 Å². The Morgan fingerprint density at radius 1 is 0.793 bits per heavy atom. The molecule has 2 aromatic rings. The van der Waals surface area contributed by atoms with Crippen LogP contribution in [-0.2, 0) is 16.6 Å². The molecule has 0 bridgehead atoms. The highest BCUT2D eigenvalue weighted by Gasteiger charge is 2.31. The van der Waals surface area contributed by atoms with E-state index in [-0.39, 0.29) is 0 Å². The minimum Gasteiger partial charge on any atom is -0.508 e. The molecular formula is C23H32N2O3S. The van der Waals surface area contributed by atoms with Gasteiger partial charge in [0.2, 0.25) is 10.0 Å². The molecule has 0 spiro atoms. The maximum absolute atomic E-state index is 13.4. The van der Waals surface area contributed by atoms with Crippen LogP contribution in [0, 0.1) is 41.5 Å². The van der Waals surface area contributed by atoms with E-state index in [1.807, 2.05) is 47.6 Å². The van der Waals surface area contributed by atoms with E-state index in [1.165, 1.54) is 0 Å². The molecule has 29 heavy (non-hydrogen) atoms. The van der Waals surface area contributed by atoms with Crippen molar-refractivity contribution < 1.29 is 13.5 Å². The monoisotopic (exact) mass is 416 g/mol.